The predicted octanol–water partition coefficient (Wildman–Crippen LogP) is 10.5. The molecule has 0 saturated carbocycles. The third kappa shape index (κ3) is 14.6. The quantitative estimate of drug-likeness (QED) is 0.0830. The molecule has 0 amide bonds. The molecule has 0 spiro atoms. The molecule has 1 atom stereocenters. The molecule has 2 aromatic carbocycles. The monoisotopic (exact) mass is 607 g/mol. The summed E-state index contributed by atoms with van der Waals surface area (Å²) in [6.45, 7) is 6.38. The summed E-state index contributed by atoms with van der Waals surface area (Å²) in [5, 5.41) is 4.33. The highest BCUT2D eigenvalue weighted by Crippen LogP contribution is 2.23. The molecule has 44 heavy (non-hydrogen) atoms. The van der Waals surface area contributed by atoms with Gasteiger partial charge in [0.1, 0.15) is 17.6 Å². The van der Waals surface area contributed by atoms with Crippen LogP contribution in [-0.2, 0) is 9.57 Å². The van der Waals surface area contributed by atoms with E-state index in [1.807, 2.05) is 24.3 Å². The first-order valence-corrected chi connectivity index (χ1v) is 17.6. The number of hydrogen-bond donors (Lipinski definition) is 0. The zero-order valence-corrected chi connectivity index (χ0v) is 27.5. The molecule has 0 aromatic heterocycles. The van der Waals surface area contributed by atoms with Crippen molar-refractivity contribution in [1.29, 1.82) is 0 Å². The van der Waals surface area contributed by atoms with Gasteiger partial charge in [-0.25, -0.2) is 4.79 Å². The van der Waals surface area contributed by atoms with Crippen molar-refractivity contribution in [2.75, 3.05) is 19.8 Å². The molecule has 1 unspecified atom stereocenters. The van der Waals surface area contributed by atoms with Crippen LogP contribution in [0.15, 0.2) is 53.7 Å². The summed E-state index contributed by atoms with van der Waals surface area (Å²) in [7, 11) is 0. The summed E-state index contributed by atoms with van der Waals surface area (Å²) in [6.07, 6.45) is 21.3. The molecule has 1 aliphatic heterocycles. The second-order valence-electron chi connectivity index (χ2n) is 12.1. The van der Waals surface area contributed by atoms with E-state index in [0.717, 1.165) is 74.5 Å². The van der Waals surface area contributed by atoms with Gasteiger partial charge in [-0.05, 0) is 86.2 Å². The maximum Gasteiger partial charge on any atom is 0.338 e. The second kappa shape index (κ2) is 22.5. The Kier molecular flexibility index (Phi) is 18.1. The molecule has 0 aliphatic carbocycles. The third-order valence-electron chi connectivity index (χ3n) is 8.20. The Morgan fingerprint density at radius 1 is 0.659 bits per heavy atom. The van der Waals surface area contributed by atoms with Crippen LogP contribution in [0.3, 0.4) is 0 Å². The predicted molar refractivity (Wildman–Crippen MR) is 180 cm³/mol. The largest absolute Gasteiger partial charge is 0.494 e. The maximum absolute atomic E-state index is 12.4. The van der Waals surface area contributed by atoms with Gasteiger partial charge in [0, 0.05) is 6.42 Å². The van der Waals surface area contributed by atoms with Gasteiger partial charge in [0.15, 0.2) is 0 Å². The number of hydrogen-bond acceptors (Lipinski definition) is 6. The SMILES string of the molecule is CCCCCCCCCCOc1ccc(C(=O)OCCCCC2CC(c3ccc(OCCCCCCCC)cc3)=NO2)cc1. The molecule has 1 aliphatic rings. The van der Waals surface area contributed by atoms with Crippen molar-refractivity contribution >= 4 is 11.7 Å². The van der Waals surface area contributed by atoms with E-state index in [1.54, 1.807) is 12.1 Å². The molecule has 6 heteroatoms. The number of ether oxygens (including phenoxy) is 3. The number of rotatable bonds is 25. The first kappa shape index (κ1) is 35.5. The fraction of sp³-hybridized carbons (Fsp3) is 0.632. The summed E-state index contributed by atoms with van der Waals surface area (Å²) in [6, 6.07) is 15.5. The zero-order chi connectivity index (χ0) is 31.1. The molecule has 244 valence electrons. The van der Waals surface area contributed by atoms with Crippen LogP contribution < -0.4 is 9.47 Å². The van der Waals surface area contributed by atoms with Gasteiger partial charge in [0.2, 0.25) is 0 Å². The Morgan fingerprint density at radius 3 is 1.73 bits per heavy atom. The lowest BCUT2D eigenvalue weighted by atomic mass is 10.0. The van der Waals surface area contributed by atoms with Crippen LogP contribution in [0.25, 0.3) is 0 Å². The number of unbranched alkanes of at least 4 members (excludes halogenated alkanes) is 13. The fourth-order valence-electron chi connectivity index (χ4n) is 5.41. The molecule has 0 radical (unpaired) electrons. The maximum atomic E-state index is 12.4. The van der Waals surface area contributed by atoms with Crippen LogP contribution in [0.1, 0.15) is 145 Å². The van der Waals surface area contributed by atoms with E-state index >= 15 is 0 Å². The average Bonchev–Trinajstić information content (AvgIpc) is 3.53. The van der Waals surface area contributed by atoms with Gasteiger partial charge < -0.3 is 19.0 Å². The fourth-order valence-corrected chi connectivity index (χ4v) is 5.41. The molecule has 0 fully saturated rings. The van der Waals surface area contributed by atoms with E-state index in [1.165, 1.54) is 77.0 Å². The van der Waals surface area contributed by atoms with E-state index in [-0.39, 0.29) is 12.1 Å². The summed E-state index contributed by atoms with van der Waals surface area (Å²) in [4.78, 5) is 18.1. The van der Waals surface area contributed by atoms with Crippen molar-refractivity contribution in [3.63, 3.8) is 0 Å². The van der Waals surface area contributed by atoms with Crippen LogP contribution in [0.5, 0.6) is 11.5 Å². The number of carbonyl (C=O) groups excluding carboxylic acids is 1. The second-order valence-corrected chi connectivity index (χ2v) is 12.1. The molecular formula is C38H57NO5. The van der Waals surface area contributed by atoms with E-state index in [0.29, 0.717) is 12.2 Å². The highest BCUT2D eigenvalue weighted by Gasteiger charge is 2.22. The number of carbonyl (C=O) groups is 1. The van der Waals surface area contributed by atoms with Crippen LogP contribution in [0, 0.1) is 0 Å². The Balaban J connectivity index is 1.20. The van der Waals surface area contributed by atoms with Crippen molar-refractivity contribution in [2.24, 2.45) is 5.16 Å². The van der Waals surface area contributed by atoms with Crippen LogP contribution in [0.4, 0.5) is 0 Å². The third-order valence-corrected chi connectivity index (χ3v) is 8.20. The minimum Gasteiger partial charge on any atom is -0.494 e. The normalized spacial score (nSPS) is 14.2. The van der Waals surface area contributed by atoms with Gasteiger partial charge in [0.05, 0.1) is 31.1 Å². The number of esters is 1. The standard InChI is InChI=1S/C38H57NO5/c1-3-5-7-9-11-12-14-17-29-42-35-26-22-33(23-27-35)38(40)43-30-18-15-19-36-31-37(39-44-36)32-20-24-34(25-21-32)41-28-16-13-10-8-6-4-2/h20-27,36H,3-19,28-31H2,1-2H3. The Bertz CT molecular complexity index is 1050. The molecule has 1 heterocycles. The molecule has 3 rings (SSSR count). The molecule has 0 N–H and O–H groups in total. The van der Waals surface area contributed by atoms with Gasteiger partial charge in [-0.1, -0.05) is 96.1 Å². The van der Waals surface area contributed by atoms with Crippen molar-refractivity contribution in [3.05, 3.63) is 59.7 Å². The lowest BCUT2D eigenvalue weighted by Crippen LogP contribution is -2.10. The van der Waals surface area contributed by atoms with E-state index < -0.39 is 0 Å². The van der Waals surface area contributed by atoms with Crippen molar-refractivity contribution < 1.29 is 23.8 Å². The number of nitrogens with zero attached hydrogens (tertiary/aromatic N) is 1. The Labute approximate surface area is 266 Å². The van der Waals surface area contributed by atoms with Gasteiger partial charge in [-0.2, -0.15) is 0 Å². The average molecular weight is 608 g/mol. The highest BCUT2D eigenvalue weighted by atomic mass is 16.6. The first-order chi connectivity index (χ1) is 21.7. The summed E-state index contributed by atoms with van der Waals surface area (Å²) in [5.74, 6) is 1.42. The lowest BCUT2D eigenvalue weighted by Gasteiger charge is -2.09. The van der Waals surface area contributed by atoms with Crippen LogP contribution >= 0.6 is 0 Å². The van der Waals surface area contributed by atoms with Crippen molar-refractivity contribution in [3.8, 4) is 11.5 Å². The van der Waals surface area contributed by atoms with Gasteiger partial charge in [-0.3, -0.25) is 0 Å². The lowest BCUT2D eigenvalue weighted by molar-refractivity contribution is 0.0481. The van der Waals surface area contributed by atoms with Crippen LogP contribution in [-0.4, -0.2) is 37.6 Å². The van der Waals surface area contributed by atoms with Gasteiger partial charge in [0.25, 0.3) is 0 Å². The minimum atomic E-state index is -0.290. The zero-order valence-electron chi connectivity index (χ0n) is 27.5. The molecule has 0 bridgehead atoms. The first-order valence-electron chi connectivity index (χ1n) is 17.6. The van der Waals surface area contributed by atoms with Gasteiger partial charge >= 0.3 is 5.97 Å². The Hall–Kier alpha value is -3.02. The van der Waals surface area contributed by atoms with E-state index in [9.17, 15) is 4.79 Å². The van der Waals surface area contributed by atoms with Crippen molar-refractivity contribution in [2.45, 2.75) is 136 Å². The Morgan fingerprint density at radius 2 is 1.16 bits per heavy atom. The van der Waals surface area contributed by atoms with Gasteiger partial charge in [-0.15, -0.1) is 0 Å². The topological polar surface area (TPSA) is 66.4 Å². The number of benzene rings is 2. The summed E-state index contributed by atoms with van der Waals surface area (Å²) in [5.41, 5.74) is 2.62. The van der Waals surface area contributed by atoms with Crippen LogP contribution in [0.2, 0.25) is 0 Å². The highest BCUT2D eigenvalue weighted by molar-refractivity contribution is 6.01. The van der Waals surface area contributed by atoms with Crippen molar-refractivity contribution in [1.82, 2.24) is 0 Å². The molecule has 0 saturated heterocycles. The summed E-state index contributed by atoms with van der Waals surface area (Å²) >= 11 is 0. The smallest absolute Gasteiger partial charge is 0.338 e. The molecule has 6 nitrogen and oxygen atoms in total. The number of oxime groups is 1. The molecular weight excluding hydrogens is 550 g/mol. The van der Waals surface area contributed by atoms with E-state index in [4.69, 9.17) is 19.0 Å². The summed E-state index contributed by atoms with van der Waals surface area (Å²) < 4.78 is 17.2. The van der Waals surface area contributed by atoms with E-state index in [2.05, 4.69) is 31.1 Å². The minimum absolute atomic E-state index is 0.0719. The molecule has 2 aromatic rings.